The van der Waals surface area contributed by atoms with Gasteiger partial charge in [0.2, 0.25) is 0 Å². The van der Waals surface area contributed by atoms with E-state index in [1.165, 1.54) is 11.3 Å². The molecule has 0 radical (unpaired) electrons. The van der Waals surface area contributed by atoms with Crippen LogP contribution in [-0.2, 0) is 0 Å². The molecule has 5 nitrogen and oxygen atoms in total. The molecule has 3 rings (SSSR count). The van der Waals surface area contributed by atoms with Gasteiger partial charge in [-0.25, -0.2) is 9.67 Å². The van der Waals surface area contributed by atoms with Crippen LogP contribution in [0.2, 0.25) is 0 Å². The molecular weight excluding hydrogens is 296 g/mol. The number of amides is 1. The van der Waals surface area contributed by atoms with Crippen molar-refractivity contribution in [2.24, 2.45) is 0 Å². The summed E-state index contributed by atoms with van der Waals surface area (Å²) in [6, 6.07) is 9.91. The van der Waals surface area contributed by atoms with Crippen LogP contribution in [0.4, 0.5) is 0 Å². The lowest BCUT2D eigenvalue weighted by atomic mass is 10.2. The molecule has 0 atom stereocenters. The van der Waals surface area contributed by atoms with Gasteiger partial charge in [-0.15, -0.1) is 11.3 Å². The quantitative estimate of drug-likeness (QED) is 0.806. The Kier molecular flexibility index (Phi) is 4.11. The molecule has 2 aromatic heterocycles. The molecule has 1 amide bonds. The second kappa shape index (κ2) is 6.36. The molecular formula is C16H14N4OS. The van der Waals surface area contributed by atoms with Crippen LogP contribution >= 0.6 is 11.3 Å². The average Bonchev–Trinajstić information content (AvgIpc) is 3.24. The second-order valence-electron chi connectivity index (χ2n) is 4.52. The number of carbonyl (C=O) groups is 1. The van der Waals surface area contributed by atoms with Crippen molar-refractivity contribution >= 4 is 29.4 Å². The molecule has 22 heavy (non-hydrogen) atoms. The lowest BCUT2D eigenvalue weighted by Crippen LogP contribution is -2.16. The average molecular weight is 310 g/mol. The van der Waals surface area contributed by atoms with Crippen molar-refractivity contribution in [2.75, 3.05) is 7.05 Å². The molecule has 0 saturated carbocycles. The van der Waals surface area contributed by atoms with Gasteiger partial charge in [-0.2, -0.15) is 5.10 Å². The minimum atomic E-state index is -0.113. The van der Waals surface area contributed by atoms with E-state index in [2.05, 4.69) is 15.4 Å². The van der Waals surface area contributed by atoms with Gasteiger partial charge in [0.25, 0.3) is 5.91 Å². The molecule has 0 saturated heterocycles. The monoisotopic (exact) mass is 310 g/mol. The Balaban J connectivity index is 1.79. The number of aromatic nitrogens is 3. The van der Waals surface area contributed by atoms with Gasteiger partial charge in [-0.1, -0.05) is 18.2 Å². The van der Waals surface area contributed by atoms with Crippen LogP contribution in [0.1, 0.15) is 20.2 Å². The lowest BCUT2D eigenvalue weighted by molar-refractivity contribution is 0.0967. The predicted octanol–water partition coefficient (Wildman–Crippen LogP) is 2.86. The zero-order valence-corrected chi connectivity index (χ0v) is 12.7. The molecule has 6 heteroatoms. The molecule has 0 fully saturated rings. The highest BCUT2D eigenvalue weighted by Crippen LogP contribution is 2.17. The van der Waals surface area contributed by atoms with Crippen molar-refractivity contribution in [3.05, 3.63) is 64.4 Å². The summed E-state index contributed by atoms with van der Waals surface area (Å²) in [7, 11) is 1.61. The van der Waals surface area contributed by atoms with E-state index in [1.807, 2.05) is 53.4 Å². The van der Waals surface area contributed by atoms with E-state index >= 15 is 0 Å². The van der Waals surface area contributed by atoms with Crippen molar-refractivity contribution in [3.8, 4) is 5.69 Å². The van der Waals surface area contributed by atoms with Crippen molar-refractivity contribution < 1.29 is 4.79 Å². The molecule has 0 aliphatic heterocycles. The van der Waals surface area contributed by atoms with Crippen LogP contribution in [0.3, 0.4) is 0 Å². The van der Waals surface area contributed by atoms with E-state index in [0.29, 0.717) is 4.88 Å². The minimum absolute atomic E-state index is 0.113. The first-order valence-corrected chi connectivity index (χ1v) is 7.54. The van der Waals surface area contributed by atoms with Crippen LogP contribution in [0, 0.1) is 0 Å². The van der Waals surface area contributed by atoms with Crippen LogP contribution in [0.25, 0.3) is 17.8 Å². The number of hydrogen-bond acceptors (Lipinski definition) is 4. The summed E-state index contributed by atoms with van der Waals surface area (Å²) in [5.74, 6) is -0.113. The van der Waals surface area contributed by atoms with Crippen LogP contribution in [-0.4, -0.2) is 27.7 Å². The number of carbonyl (C=O) groups excluding carboxylic acids is 1. The highest BCUT2D eigenvalue weighted by Gasteiger charge is 2.06. The fourth-order valence-electron chi connectivity index (χ4n) is 1.95. The first kappa shape index (κ1) is 14.2. The van der Waals surface area contributed by atoms with Crippen molar-refractivity contribution in [3.63, 3.8) is 0 Å². The number of benzene rings is 1. The molecule has 0 aliphatic rings. The van der Waals surface area contributed by atoms with E-state index in [0.717, 1.165) is 16.3 Å². The maximum Gasteiger partial charge on any atom is 0.262 e. The molecule has 1 N–H and O–H groups in total. The summed E-state index contributed by atoms with van der Waals surface area (Å²) in [4.78, 5) is 16.3. The number of nitrogens with zero attached hydrogens (tertiary/aromatic N) is 3. The summed E-state index contributed by atoms with van der Waals surface area (Å²) in [5.41, 5.74) is 2.04. The largest absolute Gasteiger partial charge is 0.354 e. The van der Waals surface area contributed by atoms with Crippen molar-refractivity contribution in [1.82, 2.24) is 20.1 Å². The number of rotatable bonds is 4. The molecule has 0 aliphatic carbocycles. The van der Waals surface area contributed by atoms with Gasteiger partial charge in [0, 0.05) is 19.4 Å². The van der Waals surface area contributed by atoms with Crippen LogP contribution in [0.5, 0.6) is 0 Å². The van der Waals surface area contributed by atoms with Gasteiger partial charge in [-0.05, 0) is 29.8 Å². The van der Waals surface area contributed by atoms with E-state index in [9.17, 15) is 4.79 Å². The van der Waals surface area contributed by atoms with E-state index in [-0.39, 0.29) is 5.91 Å². The van der Waals surface area contributed by atoms with Gasteiger partial charge >= 0.3 is 0 Å². The maximum atomic E-state index is 11.5. The standard InChI is InChI=1S/C16H14N4OS/c1-17-16(21)14-11-18-15(22-14)7-6-12-4-2-5-13(10-12)20-9-3-8-19-20/h2-11H,1H3,(H,17,21). The lowest BCUT2D eigenvalue weighted by Gasteiger charge is -2.01. The van der Waals surface area contributed by atoms with Gasteiger partial charge in [0.1, 0.15) is 9.88 Å². The SMILES string of the molecule is CNC(=O)c1cnc(C=Cc2cccc(-n3cccn3)c2)s1. The van der Waals surface area contributed by atoms with E-state index in [1.54, 1.807) is 19.4 Å². The van der Waals surface area contributed by atoms with Gasteiger partial charge < -0.3 is 5.32 Å². The molecule has 3 aromatic rings. The Labute approximate surface area is 131 Å². The summed E-state index contributed by atoms with van der Waals surface area (Å²) in [6.45, 7) is 0. The summed E-state index contributed by atoms with van der Waals surface area (Å²) >= 11 is 1.36. The zero-order chi connectivity index (χ0) is 15.4. The van der Waals surface area contributed by atoms with Crippen molar-refractivity contribution in [2.45, 2.75) is 0 Å². The third kappa shape index (κ3) is 3.12. The Morgan fingerprint density at radius 3 is 3.00 bits per heavy atom. The third-order valence-electron chi connectivity index (χ3n) is 3.03. The fraction of sp³-hybridized carbons (Fsp3) is 0.0625. The molecule has 0 spiro atoms. The Morgan fingerprint density at radius 2 is 2.23 bits per heavy atom. The molecule has 0 unspecified atom stereocenters. The first-order chi connectivity index (χ1) is 10.8. The number of nitrogens with one attached hydrogen (secondary N) is 1. The third-order valence-corrected chi connectivity index (χ3v) is 3.99. The highest BCUT2D eigenvalue weighted by molar-refractivity contribution is 7.14. The maximum absolute atomic E-state index is 11.5. The van der Waals surface area contributed by atoms with Crippen LogP contribution in [0.15, 0.2) is 48.9 Å². The summed E-state index contributed by atoms with van der Waals surface area (Å²) < 4.78 is 1.81. The van der Waals surface area contributed by atoms with Gasteiger partial charge in [0.15, 0.2) is 0 Å². The Morgan fingerprint density at radius 1 is 1.32 bits per heavy atom. The van der Waals surface area contributed by atoms with Gasteiger partial charge in [-0.3, -0.25) is 4.79 Å². The van der Waals surface area contributed by atoms with Crippen molar-refractivity contribution in [1.29, 1.82) is 0 Å². The zero-order valence-electron chi connectivity index (χ0n) is 11.9. The fourth-order valence-corrected chi connectivity index (χ4v) is 2.72. The Hall–Kier alpha value is -2.73. The van der Waals surface area contributed by atoms with Crippen LogP contribution < -0.4 is 5.32 Å². The first-order valence-electron chi connectivity index (χ1n) is 6.72. The van der Waals surface area contributed by atoms with E-state index in [4.69, 9.17) is 0 Å². The highest BCUT2D eigenvalue weighted by atomic mass is 32.1. The summed E-state index contributed by atoms with van der Waals surface area (Å²) in [6.07, 6.45) is 9.11. The number of thiazole rings is 1. The second-order valence-corrected chi connectivity index (χ2v) is 5.58. The molecule has 0 bridgehead atoms. The molecule has 2 heterocycles. The topological polar surface area (TPSA) is 59.8 Å². The molecule has 1 aromatic carbocycles. The normalized spacial score (nSPS) is 11.0. The predicted molar refractivity (Wildman–Crippen MR) is 88.0 cm³/mol. The summed E-state index contributed by atoms with van der Waals surface area (Å²) in [5, 5.41) is 7.60. The smallest absolute Gasteiger partial charge is 0.262 e. The van der Waals surface area contributed by atoms with Gasteiger partial charge in [0.05, 0.1) is 11.9 Å². The number of hydrogen-bond donors (Lipinski definition) is 1. The minimum Gasteiger partial charge on any atom is -0.354 e. The van der Waals surface area contributed by atoms with E-state index < -0.39 is 0 Å². The Bertz CT molecular complexity index is 805. The molecule has 110 valence electrons.